The molecule has 0 aliphatic heterocycles. The summed E-state index contributed by atoms with van der Waals surface area (Å²) in [6, 6.07) is 18.5. The van der Waals surface area contributed by atoms with Gasteiger partial charge in [-0.2, -0.15) is 5.10 Å². The number of nitrogens with one attached hydrogen (secondary N) is 2. The van der Waals surface area contributed by atoms with Gasteiger partial charge in [-0.25, -0.2) is 22.5 Å². The molecule has 1 heterocycles. The number of benzene rings is 3. The molecule has 0 atom stereocenters. The highest BCUT2D eigenvalue weighted by molar-refractivity contribution is 7.92. The Morgan fingerprint density at radius 1 is 0.970 bits per heavy atom. The Morgan fingerprint density at radius 3 is 2.39 bits per heavy atom. The zero-order valence-corrected chi connectivity index (χ0v) is 18.2. The molecule has 33 heavy (non-hydrogen) atoms. The van der Waals surface area contributed by atoms with Gasteiger partial charge in [-0.3, -0.25) is 9.52 Å². The normalized spacial score (nSPS) is 11.2. The third kappa shape index (κ3) is 5.80. The first-order valence-electron chi connectivity index (χ1n) is 9.96. The third-order valence-electron chi connectivity index (χ3n) is 4.79. The number of nitrogens with zero attached hydrogens (tertiary/aromatic N) is 3. The lowest BCUT2D eigenvalue weighted by atomic mass is 10.1. The summed E-state index contributed by atoms with van der Waals surface area (Å²) >= 11 is 0. The number of para-hydroxylation sites is 1. The van der Waals surface area contributed by atoms with Crippen molar-refractivity contribution in [1.82, 2.24) is 14.8 Å². The van der Waals surface area contributed by atoms with Crippen LogP contribution in [0.5, 0.6) is 0 Å². The topological polar surface area (TPSA) is 106 Å². The molecule has 168 valence electrons. The van der Waals surface area contributed by atoms with Crippen molar-refractivity contribution in [2.75, 3.05) is 10.0 Å². The number of sulfonamides is 1. The van der Waals surface area contributed by atoms with Crippen LogP contribution in [0.2, 0.25) is 0 Å². The van der Waals surface area contributed by atoms with Crippen molar-refractivity contribution in [2.24, 2.45) is 0 Å². The number of carbonyl (C=O) groups excluding carboxylic acids is 1. The molecule has 2 N–H and O–H groups in total. The third-order valence-corrected chi connectivity index (χ3v) is 6.18. The van der Waals surface area contributed by atoms with E-state index < -0.39 is 15.8 Å². The Balaban J connectivity index is 1.38. The molecule has 10 heteroatoms. The molecule has 4 rings (SSSR count). The van der Waals surface area contributed by atoms with E-state index in [-0.39, 0.29) is 17.2 Å². The van der Waals surface area contributed by atoms with E-state index in [4.69, 9.17) is 0 Å². The summed E-state index contributed by atoms with van der Waals surface area (Å²) in [5.74, 6) is -0.724. The van der Waals surface area contributed by atoms with Gasteiger partial charge in [0.15, 0.2) is 0 Å². The van der Waals surface area contributed by atoms with Gasteiger partial charge in [0.05, 0.1) is 17.9 Å². The van der Waals surface area contributed by atoms with Gasteiger partial charge < -0.3 is 5.32 Å². The fraction of sp³-hybridized carbons (Fsp3) is 0.0870. The first-order chi connectivity index (χ1) is 15.9. The van der Waals surface area contributed by atoms with Gasteiger partial charge in [-0.05, 0) is 53.6 Å². The van der Waals surface area contributed by atoms with E-state index in [1.807, 2.05) is 24.3 Å². The number of rotatable bonds is 8. The van der Waals surface area contributed by atoms with Crippen LogP contribution in [0, 0.1) is 5.82 Å². The molecule has 0 aliphatic carbocycles. The van der Waals surface area contributed by atoms with Crippen LogP contribution in [0.3, 0.4) is 0 Å². The molecular weight excluding hydrogens is 445 g/mol. The van der Waals surface area contributed by atoms with Crippen LogP contribution in [0.15, 0.2) is 90.3 Å². The van der Waals surface area contributed by atoms with Crippen molar-refractivity contribution in [3.63, 3.8) is 0 Å². The lowest BCUT2D eigenvalue weighted by molar-refractivity contribution is -0.115. The van der Waals surface area contributed by atoms with E-state index >= 15 is 0 Å². The zero-order chi connectivity index (χ0) is 23.3. The van der Waals surface area contributed by atoms with Crippen LogP contribution in [0.4, 0.5) is 15.8 Å². The van der Waals surface area contributed by atoms with Crippen molar-refractivity contribution in [3.05, 3.63) is 102 Å². The number of aromatic nitrogens is 3. The summed E-state index contributed by atoms with van der Waals surface area (Å²) in [7, 11) is -3.84. The number of halogens is 1. The van der Waals surface area contributed by atoms with Gasteiger partial charge >= 0.3 is 0 Å². The van der Waals surface area contributed by atoms with E-state index in [1.165, 1.54) is 18.5 Å². The smallest absolute Gasteiger partial charge is 0.261 e. The summed E-state index contributed by atoms with van der Waals surface area (Å²) < 4.78 is 42.0. The number of hydrogen-bond donors (Lipinski definition) is 2. The monoisotopic (exact) mass is 465 g/mol. The van der Waals surface area contributed by atoms with E-state index in [9.17, 15) is 17.6 Å². The Labute approximate surface area is 190 Å². The second kappa shape index (κ2) is 9.61. The molecule has 1 aromatic heterocycles. The molecule has 0 spiro atoms. The number of amides is 1. The standard InChI is InChI=1S/C23H20FN5O3S/c24-19-7-11-21(12-8-19)33(31,32)28-20-9-5-17(6-10-20)13-23(30)27-22-4-2-1-3-18(22)14-29-16-25-15-26-29/h1-12,15-16,28H,13-14H2,(H,27,30). The predicted octanol–water partition coefficient (Wildman–Crippen LogP) is 3.45. The first-order valence-corrected chi connectivity index (χ1v) is 11.4. The van der Waals surface area contributed by atoms with Gasteiger partial charge in [0.25, 0.3) is 10.0 Å². The molecule has 0 radical (unpaired) electrons. The first kappa shape index (κ1) is 22.2. The Morgan fingerprint density at radius 2 is 1.70 bits per heavy atom. The number of carbonyl (C=O) groups is 1. The average Bonchev–Trinajstić information content (AvgIpc) is 3.30. The van der Waals surface area contributed by atoms with Crippen LogP contribution < -0.4 is 10.0 Å². The van der Waals surface area contributed by atoms with Gasteiger partial charge in [0.1, 0.15) is 18.5 Å². The second-order valence-corrected chi connectivity index (χ2v) is 8.91. The molecular formula is C23H20FN5O3S. The van der Waals surface area contributed by atoms with Crippen molar-refractivity contribution < 1.29 is 17.6 Å². The molecule has 8 nitrogen and oxygen atoms in total. The van der Waals surface area contributed by atoms with Crippen LogP contribution in [0.1, 0.15) is 11.1 Å². The van der Waals surface area contributed by atoms with E-state index in [0.29, 0.717) is 23.5 Å². The maximum Gasteiger partial charge on any atom is 0.261 e. The van der Waals surface area contributed by atoms with Crippen LogP contribution >= 0.6 is 0 Å². The Hall–Kier alpha value is -4.05. The molecule has 3 aromatic carbocycles. The van der Waals surface area contributed by atoms with Crippen molar-refractivity contribution in [3.8, 4) is 0 Å². The maximum absolute atomic E-state index is 13.0. The minimum Gasteiger partial charge on any atom is -0.325 e. The fourth-order valence-electron chi connectivity index (χ4n) is 3.17. The quantitative estimate of drug-likeness (QED) is 0.415. The van der Waals surface area contributed by atoms with E-state index in [0.717, 1.165) is 17.7 Å². The van der Waals surface area contributed by atoms with E-state index in [2.05, 4.69) is 20.1 Å². The zero-order valence-electron chi connectivity index (χ0n) is 17.3. The highest BCUT2D eigenvalue weighted by Gasteiger charge is 2.14. The second-order valence-electron chi connectivity index (χ2n) is 7.23. The lowest BCUT2D eigenvalue weighted by Gasteiger charge is -2.12. The number of anilines is 2. The molecule has 0 fully saturated rings. The number of hydrogen-bond acceptors (Lipinski definition) is 5. The predicted molar refractivity (Wildman–Crippen MR) is 122 cm³/mol. The summed E-state index contributed by atoms with van der Waals surface area (Å²) in [4.78, 5) is 16.5. The largest absolute Gasteiger partial charge is 0.325 e. The van der Waals surface area contributed by atoms with Gasteiger partial charge in [0, 0.05) is 11.4 Å². The average molecular weight is 466 g/mol. The highest BCUT2D eigenvalue weighted by Crippen LogP contribution is 2.19. The summed E-state index contributed by atoms with van der Waals surface area (Å²) in [5, 5.41) is 6.99. The van der Waals surface area contributed by atoms with Gasteiger partial charge in [-0.15, -0.1) is 0 Å². The fourth-order valence-corrected chi connectivity index (χ4v) is 4.23. The summed E-state index contributed by atoms with van der Waals surface area (Å²) in [5.41, 5.74) is 2.62. The Bertz CT molecular complexity index is 1340. The van der Waals surface area contributed by atoms with Gasteiger partial charge in [-0.1, -0.05) is 30.3 Å². The Kier molecular flexibility index (Phi) is 6.45. The van der Waals surface area contributed by atoms with Crippen molar-refractivity contribution >= 4 is 27.3 Å². The van der Waals surface area contributed by atoms with Crippen molar-refractivity contribution in [2.45, 2.75) is 17.9 Å². The molecule has 4 aromatic rings. The van der Waals surface area contributed by atoms with Crippen molar-refractivity contribution in [1.29, 1.82) is 0 Å². The molecule has 1 amide bonds. The SMILES string of the molecule is O=C(Cc1ccc(NS(=O)(=O)c2ccc(F)cc2)cc1)Nc1ccccc1Cn1cncn1. The van der Waals surface area contributed by atoms with Crippen LogP contribution in [-0.2, 0) is 27.8 Å². The van der Waals surface area contributed by atoms with Crippen LogP contribution in [-0.4, -0.2) is 29.1 Å². The molecule has 0 bridgehead atoms. The molecule has 0 saturated carbocycles. The molecule has 0 saturated heterocycles. The van der Waals surface area contributed by atoms with Gasteiger partial charge in [0.2, 0.25) is 5.91 Å². The maximum atomic E-state index is 13.0. The highest BCUT2D eigenvalue weighted by atomic mass is 32.2. The minimum absolute atomic E-state index is 0.0445. The van der Waals surface area contributed by atoms with Crippen LogP contribution in [0.25, 0.3) is 0 Å². The van der Waals surface area contributed by atoms with E-state index in [1.54, 1.807) is 35.3 Å². The summed E-state index contributed by atoms with van der Waals surface area (Å²) in [6.45, 7) is 0.472. The molecule has 0 unspecified atom stereocenters. The molecule has 0 aliphatic rings. The summed E-state index contributed by atoms with van der Waals surface area (Å²) in [6.07, 6.45) is 3.16. The minimum atomic E-state index is -3.84. The lowest BCUT2D eigenvalue weighted by Crippen LogP contribution is -2.16.